The Balaban J connectivity index is 0.00000220. The van der Waals surface area contributed by atoms with E-state index in [-0.39, 0.29) is 18.4 Å². The highest BCUT2D eigenvalue weighted by Crippen LogP contribution is 2.29. The van der Waals surface area contributed by atoms with Gasteiger partial charge in [-0.25, -0.2) is 8.42 Å². The summed E-state index contributed by atoms with van der Waals surface area (Å²) >= 11 is 3.40. The Bertz CT molecular complexity index is 595. The van der Waals surface area contributed by atoms with E-state index in [1.165, 1.54) is 0 Å². The first kappa shape index (κ1) is 18.9. The van der Waals surface area contributed by atoms with Crippen molar-refractivity contribution in [1.29, 1.82) is 0 Å². The molecule has 0 radical (unpaired) electrons. The smallest absolute Gasteiger partial charge is 0.243 e. The zero-order chi connectivity index (χ0) is 14.9. The summed E-state index contributed by atoms with van der Waals surface area (Å²) in [5.41, 5.74) is 6.69. The van der Waals surface area contributed by atoms with E-state index in [1.807, 2.05) is 6.92 Å². The average Bonchev–Trinajstić information content (AvgIpc) is 2.41. The molecule has 0 spiro atoms. The summed E-state index contributed by atoms with van der Waals surface area (Å²) in [6.07, 6.45) is 1.73. The quantitative estimate of drug-likeness (QED) is 0.853. The van der Waals surface area contributed by atoms with Crippen molar-refractivity contribution in [2.24, 2.45) is 11.7 Å². The van der Waals surface area contributed by atoms with Gasteiger partial charge in [-0.3, -0.25) is 0 Å². The van der Waals surface area contributed by atoms with Crippen LogP contribution in [0, 0.1) is 12.8 Å². The Morgan fingerprint density at radius 2 is 2.10 bits per heavy atom. The molecule has 0 aliphatic carbocycles. The molecule has 2 N–H and O–H groups in total. The van der Waals surface area contributed by atoms with Crippen LogP contribution < -0.4 is 5.73 Å². The molecule has 0 amide bonds. The van der Waals surface area contributed by atoms with Gasteiger partial charge in [0.1, 0.15) is 0 Å². The number of benzene rings is 1. The predicted molar refractivity (Wildman–Crippen MR) is 91.3 cm³/mol. The van der Waals surface area contributed by atoms with Crippen molar-refractivity contribution in [1.82, 2.24) is 4.31 Å². The van der Waals surface area contributed by atoms with E-state index in [1.54, 1.807) is 22.5 Å². The van der Waals surface area contributed by atoms with Crippen LogP contribution in [-0.4, -0.2) is 31.9 Å². The fourth-order valence-electron chi connectivity index (χ4n) is 2.67. The lowest BCUT2D eigenvalue weighted by molar-refractivity contribution is 0.211. The molecule has 0 aromatic heterocycles. The third kappa shape index (κ3) is 3.99. The molecule has 1 heterocycles. The van der Waals surface area contributed by atoms with Gasteiger partial charge in [-0.2, -0.15) is 4.31 Å². The van der Waals surface area contributed by atoms with Crippen molar-refractivity contribution >= 4 is 38.4 Å². The first-order chi connectivity index (χ1) is 9.36. The van der Waals surface area contributed by atoms with Crippen LogP contribution >= 0.6 is 28.3 Å². The van der Waals surface area contributed by atoms with Crippen molar-refractivity contribution in [2.45, 2.75) is 37.6 Å². The van der Waals surface area contributed by atoms with Gasteiger partial charge in [0, 0.05) is 23.6 Å². The largest absolute Gasteiger partial charge is 0.329 e. The number of hydrogen-bond acceptors (Lipinski definition) is 3. The van der Waals surface area contributed by atoms with Crippen LogP contribution in [0.25, 0.3) is 0 Å². The van der Waals surface area contributed by atoms with Crippen LogP contribution in [0.15, 0.2) is 27.6 Å². The highest BCUT2D eigenvalue weighted by molar-refractivity contribution is 9.10. The molecule has 1 aliphatic rings. The van der Waals surface area contributed by atoms with Crippen LogP contribution in [0.4, 0.5) is 0 Å². The maximum absolute atomic E-state index is 12.8. The summed E-state index contributed by atoms with van der Waals surface area (Å²) in [6, 6.07) is 5.06. The van der Waals surface area contributed by atoms with E-state index < -0.39 is 10.0 Å². The molecule has 2 rings (SSSR count). The first-order valence-corrected chi connectivity index (χ1v) is 9.07. The van der Waals surface area contributed by atoms with E-state index >= 15 is 0 Å². The maximum atomic E-state index is 12.8. The van der Waals surface area contributed by atoms with E-state index in [0.717, 1.165) is 22.9 Å². The second-order valence-corrected chi connectivity index (χ2v) is 8.29. The fraction of sp³-hybridized carbons (Fsp3) is 0.571. The zero-order valence-electron chi connectivity index (χ0n) is 12.3. The molecule has 1 fully saturated rings. The average molecular weight is 398 g/mol. The molecule has 2 unspecified atom stereocenters. The van der Waals surface area contributed by atoms with Gasteiger partial charge in [0.25, 0.3) is 0 Å². The number of hydrogen-bond donors (Lipinski definition) is 1. The molecule has 120 valence electrons. The Morgan fingerprint density at radius 3 is 2.67 bits per heavy atom. The summed E-state index contributed by atoms with van der Waals surface area (Å²) in [5, 5.41) is 0. The fourth-order valence-corrected chi connectivity index (χ4v) is 4.67. The van der Waals surface area contributed by atoms with Crippen LogP contribution in [-0.2, 0) is 10.0 Å². The summed E-state index contributed by atoms with van der Waals surface area (Å²) in [4.78, 5) is 0.353. The lowest BCUT2D eigenvalue weighted by Crippen LogP contribution is -2.49. The van der Waals surface area contributed by atoms with Gasteiger partial charge in [-0.05, 0) is 49.4 Å². The predicted octanol–water partition coefficient (Wildman–Crippen LogP) is 2.93. The summed E-state index contributed by atoms with van der Waals surface area (Å²) < 4.78 is 28.1. The highest BCUT2D eigenvalue weighted by atomic mass is 79.9. The van der Waals surface area contributed by atoms with E-state index in [9.17, 15) is 8.42 Å². The second kappa shape index (κ2) is 7.42. The van der Waals surface area contributed by atoms with Crippen molar-refractivity contribution in [3.63, 3.8) is 0 Å². The molecule has 2 atom stereocenters. The topological polar surface area (TPSA) is 63.4 Å². The van der Waals surface area contributed by atoms with Gasteiger partial charge in [0.15, 0.2) is 0 Å². The molecule has 4 nitrogen and oxygen atoms in total. The van der Waals surface area contributed by atoms with Crippen molar-refractivity contribution in [3.8, 4) is 0 Å². The number of halogens is 2. The summed E-state index contributed by atoms with van der Waals surface area (Å²) in [7, 11) is -3.45. The SMILES string of the molecule is Cc1cc(S(=O)(=O)N2CCC(C)CC2CN)ccc1Br.Cl. The molecule has 7 heteroatoms. The van der Waals surface area contributed by atoms with Gasteiger partial charge in [-0.1, -0.05) is 22.9 Å². The molecule has 1 saturated heterocycles. The number of piperidine rings is 1. The monoisotopic (exact) mass is 396 g/mol. The molecular weight excluding hydrogens is 376 g/mol. The number of nitrogens with two attached hydrogens (primary N) is 1. The second-order valence-electron chi connectivity index (χ2n) is 5.55. The highest BCUT2D eigenvalue weighted by Gasteiger charge is 2.34. The standard InChI is InChI=1S/C14H21BrN2O2S.ClH/c1-10-5-6-17(12(7-10)9-16)20(18,19)13-3-4-14(15)11(2)8-13;/h3-4,8,10,12H,5-7,9,16H2,1-2H3;1H. The molecule has 1 aliphatic heterocycles. The number of sulfonamides is 1. The van der Waals surface area contributed by atoms with E-state index in [4.69, 9.17) is 5.73 Å². The van der Waals surface area contributed by atoms with E-state index in [0.29, 0.717) is 23.9 Å². The number of rotatable bonds is 3. The normalized spacial score (nSPS) is 23.6. The minimum atomic E-state index is -3.45. The van der Waals surface area contributed by atoms with Crippen LogP contribution in [0.1, 0.15) is 25.3 Å². The molecule has 1 aromatic rings. The summed E-state index contributed by atoms with van der Waals surface area (Å²) in [6.45, 7) is 4.97. The molecule has 0 bridgehead atoms. The lowest BCUT2D eigenvalue weighted by Gasteiger charge is -2.36. The number of aryl methyl sites for hydroxylation is 1. The molecule has 0 saturated carbocycles. The molecule has 1 aromatic carbocycles. The number of nitrogens with zero attached hydrogens (tertiary/aromatic N) is 1. The van der Waals surface area contributed by atoms with Crippen LogP contribution in [0.2, 0.25) is 0 Å². The minimum Gasteiger partial charge on any atom is -0.329 e. The third-order valence-corrected chi connectivity index (χ3v) is 6.77. The van der Waals surface area contributed by atoms with Gasteiger partial charge >= 0.3 is 0 Å². The minimum absolute atomic E-state index is 0. The van der Waals surface area contributed by atoms with Gasteiger partial charge in [-0.15, -0.1) is 12.4 Å². The van der Waals surface area contributed by atoms with Crippen molar-refractivity contribution < 1.29 is 8.42 Å². The van der Waals surface area contributed by atoms with Crippen molar-refractivity contribution in [3.05, 3.63) is 28.2 Å². The van der Waals surface area contributed by atoms with Gasteiger partial charge in [0.2, 0.25) is 10.0 Å². The first-order valence-electron chi connectivity index (χ1n) is 6.84. The molecule has 21 heavy (non-hydrogen) atoms. The Morgan fingerprint density at radius 1 is 1.43 bits per heavy atom. The molecular formula is C14H22BrClN2O2S. The summed E-state index contributed by atoms with van der Waals surface area (Å²) in [5.74, 6) is 0.529. The van der Waals surface area contributed by atoms with Gasteiger partial charge < -0.3 is 5.73 Å². The van der Waals surface area contributed by atoms with E-state index in [2.05, 4.69) is 22.9 Å². The Labute approximate surface area is 141 Å². The Kier molecular flexibility index (Phi) is 6.68. The third-order valence-electron chi connectivity index (χ3n) is 3.93. The van der Waals surface area contributed by atoms with Crippen LogP contribution in [0.3, 0.4) is 0 Å². The Hall–Kier alpha value is -0.140. The van der Waals surface area contributed by atoms with Gasteiger partial charge in [0.05, 0.1) is 4.90 Å². The van der Waals surface area contributed by atoms with Crippen molar-refractivity contribution in [2.75, 3.05) is 13.1 Å². The lowest BCUT2D eigenvalue weighted by atomic mass is 9.94. The zero-order valence-corrected chi connectivity index (χ0v) is 15.5. The maximum Gasteiger partial charge on any atom is 0.243 e. The van der Waals surface area contributed by atoms with Crippen LogP contribution in [0.5, 0.6) is 0 Å².